The fourth-order valence-electron chi connectivity index (χ4n) is 3.61. The lowest BCUT2D eigenvalue weighted by Gasteiger charge is -2.33. The Morgan fingerprint density at radius 1 is 1.12 bits per heavy atom. The van der Waals surface area contributed by atoms with Crippen LogP contribution in [-0.2, 0) is 9.53 Å². The van der Waals surface area contributed by atoms with E-state index in [1.54, 1.807) is 23.9 Å². The number of ketones is 1. The third-order valence-electron chi connectivity index (χ3n) is 5.37. The van der Waals surface area contributed by atoms with E-state index in [0.29, 0.717) is 54.7 Å². The summed E-state index contributed by atoms with van der Waals surface area (Å²) in [5, 5.41) is 2.02. The van der Waals surface area contributed by atoms with Gasteiger partial charge in [-0.1, -0.05) is 30.3 Å². The van der Waals surface area contributed by atoms with Crippen molar-refractivity contribution in [2.24, 2.45) is 0 Å². The van der Waals surface area contributed by atoms with Gasteiger partial charge in [0.05, 0.1) is 32.9 Å². The van der Waals surface area contributed by atoms with E-state index in [1.807, 2.05) is 46.7 Å². The van der Waals surface area contributed by atoms with Gasteiger partial charge >= 0.3 is 0 Å². The molecule has 0 aliphatic carbocycles. The Labute approximate surface area is 205 Å². The van der Waals surface area contributed by atoms with Gasteiger partial charge in [-0.2, -0.15) is 0 Å². The van der Waals surface area contributed by atoms with Crippen LogP contribution < -0.4 is 14.2 Å². The molecule has 2 aromatic carbocycles. The van der Waals surface area contributed by atoms with E-state index in [1.165, 1.54) is 21.1 Å². The molecule has 1 amide bonds. The molecule has 7 nitrogen and oxygen atoms in total. The summed E-state index contributed by atoms with van der Waals surface area (Å²) < 4.78 is 22.6. The van der Waals surface area contributed by atoms with Crippen LogP contribution in [0.3, 0.4) is 0 Å². The highest BCUT2D eigenvalue weighted by atomic mass is 32.2. The first-order valence-electron chi connectivity index (χ1n) is 11.1. The molecule has 1 atom stereocenters. The van der Waals surface area contributed by atoms with Gasteiger partial charge in [-0.15, -0.1) is 11.8 Å². The molecule has 1 aliphatic rings. The molecule has 3 rings (SSSR count). The fraction of sp³-hybridized carbons (Fsp3) is 0.385. The average Bonchev–Trinajstić information content (AvgIpc) is 2.87. The minimum Gasteiger partial charge on any atom is -0.493 e. The van der Waals surface area contributed by atoms with Crippen LogP contribution in [0.15, 0.2) is 47.9 Å². The molecule has 182 valence electrons. The molecule has 8 heteroatoms. The quantitative estimate of drug-likeness (QED) is 0.347. The maximum atomic E-state index is 12.7. The molecular weight excluding hydrogens is 454 g/mol. The van der Waals surface area contributed by atoms with Crippen LogP contribution in [0.1, 0.15) is 29.3 Å². The fourth-order valence-corrected chi connectivity index (χ4v) is 4.29. The number of nitrogens with zero attached hydrogens (tertiary/aromatic N) is 1. The van der Waals surface area contributed by atoms with Crippen molar-refractivity contribution in [1.82, 2.24) is 4.90 Å². The first-order valence-corrected chi connectivity index (χ1v) is 12.2. The normalized spacial score (nSPS) is 15.9. The van der Waals surface area contributed by atoms with Crippen LogP contribution in [0.4, 0.5) is 0 Å². The number of hydrogen-bond acceptors (Lipinski definition) is 7. The summed E-state index contributed by atoms with van der Waals surface area (Å²) in [6.07, 6.45) is 2.19. The number of thioether (sulfide) groups is 1. The van der Waals surface area contributed by atoms with Crippen molar-refractivity contribution in [1.29, 1.82) is 0 Å². The molecule has 34 heavy (non-hydrogen) atoms. The van der Waals surface area contributed by atoms with Crippen molar-refractivity contribution in [2.45, 2.75) is 19.4 Å². The molecule has 0 aromatic heterocycles. The average molecular weight is 486 g/mol. The van der Waals surface area contributed by atoms with Gasteiger partial charge in [0.15, 0.2) is 17.3 Å². The number of hydrogen-bond donors (Lipinski definition) is 0. The molecule has 1 heterocycles. The number of methoxy groups -OCH3 is 2. The summed E-state index contributed by atoms with van der Waals surface area (Å²) >= 11 is 1.62. The second kappa shape index (κ2) is 13.1. The predicted octanol–water partition coefficient (Wildman–Crippen LogP) is 4.31. The number of carbonyl (C=O) groups excluding carboxylic acids is 2. The minimum atomic E-state index is -0.306. The third kappa shape index (κ3) is 7.01. The van der Waals surface area contributed by atoms with E-state index < -0.39 is 0 Å². The summed E-state index contributed by atoms with van der Waals surface area (Å²) in [4.78, 5) is 26.6. The van der Waals surface area contributed by atoms with Gasteiger partial charge in [0.25, 0.3) is 0 Å². The van der Waals surface area contributed by atoms with Crippen molar-refractivity contribution in [2.75, 3.05) is 46.3 Å². The van der Waals surface area contributed by atoms with Crippen LogP contribution in [0.2, 0.25) is 0 Å². The lowest BCUT2D eigenvalue weighted by atomic mass is 10.1. The van der Waals surface area contributed by atoms with Crippen molar-refractivity contribution < 1.29 is 28.5 Å². The number of morpholine rings is 1. The smallest absolute Gasteiger partial charge is 0.223 e. The molecule has 1 saturated heterocycles. The zero-order valence-corrected chi connectivity index (χ0v) is 20.6. The molecule has 1 unspecified atom stereocenters. The zero-order chi connectivity index (χ0) is 24.3. The summed E-state index contributed by atoms with van der Waals surface area (Å²) in [5.41, 5.74) is 1.54. The highest BCUT2D eigenvalue weighted by Gasteiger charge is 2.26. The topological polar surface area (TPSA) is 74.3 Å². The van der Waals surface area contributed by atoms with Crippen LogP contribution in [-0.4, -0.2) is 69.0 Å². The number of benzene rings is 2. The Balaban J connectivity index is 1.52. The SMILES string of the molecule is COc1ccc(C(C)=O)c(OCC2CN(C(=O)CCSC=Cc3ccccc3)CCO2)c1OC. The molecule has 1 fully saturated rings. The Bertz CT molecular complexity index is 994. The van der Waals surface area contributed by atoms with Crippen molar-refractivity contribution in [3.8, 4) is 17.2 Å². The van der Waals surface area contributed by atoms with Crippen LogP contribution >= 0.6 is 11.8 Å². The highest BCUT2D eigenvalue weighted by molar-refractivity contribution is 8.02. The maximum Gasteiger partial charge on any atom is 0.223 e. The summed E-state index contributed by atoms with van der Waals surface area (Å²) in [5.74, 6) is 1.82. The Morgan fingerprint density at radius 3 is 2.62 bits per heavy atom. The van der Waals surface area contributed by atoms with Gasteiger partial charge in [0, 0.05) is 18.7 Å². The molecule has 0 radical (unpaired) electrons. The highest BCUT2D eigenvalue weighted by Crippen LogP contribution is 2.40. The molecule has 0 N–H and O–H groups in total. The molecular formula is C26H31NO6S. The monoisotopic (exact) mass is 485 g/mol. The Kier molecular flexibility index (Phi) is 9.85. The molecule has 0 bridgehead atoms. The standard InChI is InChI=1S/C26H31NO6S/c1-19(28)22-9-10-23(30-2)26(31-3)25(22)33-18-21-17-27(13-14-32-21)24(29)12-16-34-15-11-20-7-5-4-6-8-20/h4-11,15,21H,12-14,16-18H2,1-3H3. The minimum absolute atomic E-state index is 0.0947. The predicted molar refractivity (Wildman–Crippen MR) is 134 cm³/mol. The van der Waals surface area contributed by atoms with Crippen molar-refractivity contribution >= 4 is 29.5 Å². The molecule has 2 aromatic rings. The van der Waals surface area contributed by atoms with Gasteiger partial charge in [0.1, 0.15) is 12.7 Å². The summed E-state index contributed by atoms with van der Waals surface area (Å²) in [6, 6.07) is 13.4. The van der Waals surface area contributed by atoms with E-state index >= 15 is 0 Å². The van der Waals surface area contributed by atoms with Gasteiger partial charge in [-0.05, 0) is 36.1 Å². The van der Waals surface area contributed by atoms with Gasteiger partial charge in [0.2, 0.25) is 11.7 Å². The first-order chi connectivity index (χ1) is 16.5. The van der Waals surface area contributed by atoms with E-state index in [9.17, 15) is 9.59 Å². The number of Topliss-reactive ketones (excluding diaryl/α,β-unsaturated/α-hetero) is 1. The van der Waals surface area contributed by atoms with E-state index in [-0.39, 0.29) is 24.4 Å². The van der Waals surface area contributed by atoms with Crippen LogP contribution in [0.5, 0.6) is 17.2 Å². The third-order valence-corrected chi connectivity index (χ3v) is 6.14. The second-order valence-corrected chi connectivity index (χ2v) is 8.73. The van der Waals surface area contributed by atoms with Crippen molar-refractivity contribution in [3.63, 3.8) is 0 Å². The van der Waals surface area contributed by atoms with E-state index in [4.69, 9.17) is 18.9 Å². The zero-order valence-electron chi connectivity index (χ0n) is 19.8. The lowest BCUT2D eigenvalue weighted by Crippen LogP contribution is -2.47. The largest absolute Gasteiger partial charge is 0.493 e. The van der Waals surface area contributed by atoms with Gasteiger partial charge in [-0.3, -0.25) is 9.59 Å². The molecule has 0 saturated carbocycles. The lowest BCUT2D eigenvalue weighted by molar-refractivity contribution is -0.139. The number of amides is 1. The maximum absolute atomic E-state index is 12.7. The first kappa shape index (κ1) is 25.6. The number of rotatable bonds is 11. The number of carbonyl (C=O) groups is 2. The van der Waals surface area contributed by atoms with E-state index in [0.717, 1.165) is 5.56 Å². The van der Waals surface area contributed by atoms with Crippen LogP contribution in [0.25, 0.3) is 6.08 Å². The Hall–Kier alpha value is -2.97. The second-order valence-electron chi connectivity index (χ2n) is 7.71. The van der Waals surface area contributed by atoms with Crippen LogP contribution in [0, 0.1) is 0 Å². The molecule has 1 aliphatic heterocycles. The van der Waals surface area contributed by atoms with Gasteiger partial charge < -0.3 is 23.8 Å². The number of ether oxygens (including phenoxy) is 4. The summed E-state index contributed by atoms with van der Waals surface area (Å²) in [6.45, 7) is 3.09. The van der Waals surface area contributed by atoms with Crippen molar-refractivity contribution in [3.05, 3.63) is 59.0 Å². The summed E-state index contributed by atoms with van der Waals surface area (Å²) in [7, 11) is 3.03. The van der Waals surface area contributed by atoms with Gasteiger partial charge in [-0.25, -0.2) is 0 Å². The Morgan fingerprint density at radius 2 is 1.91 bits per heavy atom. The van der Waals surface area contributed by atoms with E-state index in [2.05, 4.69) is 0 Å². The molecule has 0 spiro atoms.